The Balaban J connectivity index is 2.16. The number of nitrogen functional groups attached to an aromatic ring is 1. The van der Waals surface area contributed by atoms with Gasteiger partial charge in [0, 0.05) is 30.6 Å². The Morgan fingerprint density at radius 3 is 3.24 bits per heavy atom. The second-order valence-corrected chi connectivity index (χ2v) is 3.90. The zero-order valence-electron chi connectivity index (χ0n) is 9.15. The predicted molar refractivity (Wildman–Crippen MR) is 63.1 cm³/mol. The monoisotopic (exact) mass is 232 g/mol. The van der Waals surface area contributed by atoms with Crippen LogP contribution in [0.1, 0.15) is 6.42 Å². The molecule has 1 amide bonds. The van der Waals surface area contributed by atoms with Gasteiger partial charge in [0.1, 0.15) is 0 Å². The minimum Gasteiger partial charge on any atom is -0.396 e. The van der Waals surface area contributed by atoms with E-state index >= 15 is 0 Å². The Morgan fingerprint density at radius 2 is 2.53 bits per heavy atom. The van der Waals surface area contributed by atoms with E-state index in [9.17, 15) is 4.79 Å². The number of nitrogens with zero attached hydrogens (tertiary/aromatic N) is 5. The molecular formula is C10H12N6O. The van der Waals surface area contributed by atoms with Gasteiger partial charge < -0.3 is 5.73 Å². The fourth-order valence-electron chi connectivity index (χ4n) is 1.90. The van der Waals surface area contributed by atoms with Gasteiger partial charge >= 0.3 is 0 Å². The van der Waals surface area contributed by atoms with Gasteiger partial charge in [-0.2, -0.15) is 0 Å². The van der Waals surface area contributed by atoms with Crippen LogP contribution < -0.4 is 10.6 Å². The van der Waals surface area contributed by atoms with Crippen molar-refractivity contribution in [2.24, 2.45) is 11.0 Å². The minimum absolute atomic E-state index is 0.0338. The van der Waals surface area contributed by atoms with Gasteiger partial charge in [0.15, 0.2) is 5.82 Å². The van der Waals surface area contributed by atoms with Crippen LogP contribution in [0.15, 0.2) is 23.4 Å². The molecule has 1 unspecified atom stereocenters. The van der Waals surface area contributed by atoms with Gasteiger partial charge in [-0.05, 0) is 23.6 Å². The van der Waals surface area contributed by atoms with Crippen molar-refractivity contribution in [3.63, 3.8) is 0 Å². The maximum absolute atomic E-state index is 11.8. The van der Waals surface area contributed by atoms with E-state index in [1.807, 2.05) is 0 Å². The van der Waals surface area contributed by atoms with Gasteiger partial charge in [0.05, 0.1) is 5.69 Å². The highest BCUT2D eigenvalue weighted by atomic mass is 16.2. The van der Waals surface area contributed by atoms with Crippen molar-refractivity contribution in [3.8, 4) is 0 Å². The van der Waals surface area contributed by atoms with Gasteiger partial charge in [0.2, 0.25) is 5.91 Å². The van der Waals surface area contributed by atoms with E-state index < -0.39 is 0 Å². The minimum atomic E-state index is -0.0338. The summed E-state index contributed by atoms with van der Waals surface area (Å²) >= 11 is 0. The summed E-state index contributed by atoms with van der Waals surface area (Å²) in [6.07, 6.45) is 1.97. The average Bonchev–Trinajstić information content (AvgIpc) is 2.68. The number of carbonyl (C=O) groups is 1. The van der Waals surface area contributed by atoms with E-state index in [4.69, 9.17) is 11.3 Å². The van der Waals surface area contributed by atoms with Crippen molar-refractivity contribution in [2.75, 3.05) is 23.7 Å². The Hall–Kier alpha value is -2.27. The predicted octanol–water partition coefficient (Wildman–Crippen LogP) is 1.33. The number of nitrogens with two attached hydrogens (primary N) is 1. The number of hydrogen-bond acceptors (Lipinski definition) is 4. The number of amides is 1. The molecule has 1 aliphatic heterocycles. The number of anilines is 2. The first-order chi connectivity index (χ1) is 8.22. The van der Waals surface area contributed by atoms with Crippen LogP contribution in [0.2, 0.25) is 0 Å². The van der Waals surface area contributed by atoms with E-state index in [1.165, 1.54) is 0 Å². The van der Waals surface area contributed by atoms with Crippen LogP contribution in [0.4, 0.5) is 11.5 Å². The Morgan fingerprint density at radius 1 is 1.71 bits per heavy atom. The lowest BCUT2D eigenvalue weighted by Crippen LogP contribution is -2.26. The number of hydrogen-bond donors (Lipinski definition) is 1. The topological polar surface area (TPSA) is 108 Å². The first-order valence-corrected chi connectivity index (χ1v) is 5.24. The molecule has 0 aliphatic carbocycles. The maximum atomic E-state index is 11.8. The van der Waals surface area contributed by atoms with E-state index in [2.05, 4.69) is 15.0 Å². The molecule has 2 heterocycles. The van der Waals surface area contributed by atoms with Crippen LogP contribution in [0.3, 0.4) is 0 Å². The molecule has 0 saturated carbocycles. The summed E-state index contributed by atoms with van der Waals surface area (Å²) < 4.78 is 0. The second-order valence-electron chi connectivity index (χ2n) is 3.90. The first-order valence-electron chi connectivity index (χ1n) is 5.24. The summed E-state index contributed by atoms with van der Waals surface area (Å²) in [4.78, 5) is 20.1. The fraction of sp³-hybridized carbons (Fsp3) is 0.400. The molecule has 1 aliphatic rings. The molecule has 2 rings (SSSR count). The zero-order valence-corrected chi connectivity index (χ0v) is 9.15. The normalized spacial score (nSPS) is 19.2. The maximum Gasteiger partial charge on any atom is 0.228 e. The Kier molecular flexibility index (Phi) is 3.11. The SMILES string of the molecule is [N-]=[N+]=NCC1CC(=O)N(c2ncccc2N)C1. The van der Waals surface area contributed by atoms with Crippen LogP contribution in [-0.4, -0.2) is 24.0 Å². The summed E-state index contributed by atoms with van der Waals surface area (Å²) in [5.74, 6) is 0.495. The molecule has 0 spiro atoms. The summed E-state index contributed by atoms with van der Waals surface area (Å²) in [5, 5.41) is 3.49. The summed E-state index contributed by atoms with van der Waals surface area (Å²) in [7, 11) is 0. The van der Waals surface area contributed by atoms with Crippen LogP contribution in [-0.2, 0) is 4.79 Å². The highest BCUT2D eigenvalue weighted by Crippen LogP contribution is 2.27. The fourth-order valence-corrected chi connectivity index (χ4v) is 1.90. The Labute approximate surface area is 97.9 Å². The van der Waals surface area contributed by atoms with Crippen LogP contribution in [0.25, 0.3) is 10.4 Å². The number of rotatable bonds is 3. The molecule has 0 bridgehead atoms. The van der Waals surface area contributed by atoms with Gasteiger partial charge in [-0.15, -0.1) is 0 Å². The molecule has 0 radical (unpaired) electrons. The summed E-state index contributed by atoms with van der Waals surface area (Å²) in [5.41, 5.74) is 14.5. The molecule has 7 heteroatoms. The van der Waals surface area contributed by atoms with Crippen molar-refractivity contribution in [3.05, 3.63) is 28.8 Å². The van der Waals surface area contributed by atoms with Crippen LogP contribution in [0.5, 0.6) is 0 Å². The lowest BCUT2D eigenvalue weighted by Gasteiger charge is -2.16. The summed E-state index contributed by atoms with van der Waals surface area (Å²) in [6.45, 7) is 0.824. The molecule has 17 heavy (non-hydrogen) atoms. The molecule has 2 N–H and O–H groups in total. The molecule has 0 aromatic carbocycles. The quantitative estimate of drug-likeness (QED) is 0.482. The second kappa shape index (κ2) is 4.71. The molecule has 1 saturated heterocycles. The van der Waals surface area contributed by atoms with E-state index in [-0.39, 0.29) is 11.8 Å². The average molecular weight is 232 g/mol. The third-order valence-electron chi connectivity index (χ3n) is 2.68. The third kappa shape index (κ3) is 2.29. The number of azide groups is 1. The van der Waals surface area contributed by atoms with E-state index in [0.29, 0.717) is 31.0 Å². The zero-order chi connectivity index (χ0) is 12.3. The highest BCUT2D eigenvalue weighted by molar-refractivity contribution is 5.97. The molecule has 7 nitrogen and oxygen atoms in total. The van der Waals surface area contributed by atoms with Crippen LogP contribution in [0, 0.1) is 5.92 Å². The Bertz CT molecular complexity index is 481. The van der Waals surface area contributed by atoms with Crippen molar-refractivity contribution < 1.29 is 4.79 Å². The molecule has 1 atom stereocenters. The standard InChI is InChI=1S/C10H12N6O/c11-8-2-1-3-13-10(8)16-6-7(4-9(16)17)5-14-15-12/h1-3,7H,4-6,11H2. The first kappa shape index (κ1) is 11.2. The number of carbonyl (C=O) groups excluding carboxylic acids is 1. The van der Waals surface area contributed by atoms with Crippen molar-refractivity contribution in [1.29, 1.82) is 0 Å². The van der Waals surface area contributed by atoms with Crippen molar-refractivity contribution in [1.82, 2.24) is 4.98 Å². The van der Waals surface area contributed by atoms with Crippen molar-refractivity contribution >= 4 is 17.4 Å². The van der Waals surface area contributed by atoms with E-state index in [0.717, 1.165) is 0 Å². The molecular weight excluding hydrogens is 220 g/mol. The van der Waals surface area contributed by atoms with Gasteiger partial charge in [-0.25, -0.2) is 4.98 Å². The van der Waals surface area contributed by atoms with Gasteiger partial charge in [-0.3, -0.25) is 9.69 Å². The third-order valence-corrected chi connectivity index (χ3v) is 2.68. The van der Waals surface area contributed by atoms with Gasteiger partial charge in [0.25, 0.3) is 0 Å². The van der Waals surface area contributed by atoms with E-state index in [1.54, 1.807) is 23.2 Å². The highest BCUT2D eigenvalue weighted by Gasteiger charge is 2.31. The summed E-state index contributed by atoms with van der Waals surface area (Å²) in [6, 6.07) is 3.42. The molecule has 1 aromatic heterocycles. The lowest BCUT2D eigenvalue weighted by atomic mass is 10.1. The lowest BCUT2D eigenvalue weighted by molar-refractivity contribution is -0.117. The smallest absolute Gasteiger partial charge is 0.228 e. The van der Waals surface area contributed by atoms with Gasteiger partial charge in [-0.1, -0.05) is 5.11 Å². The van der Waals surface area contributed by atoms with Crippen LogP contribution >= 0.6 is 0 Å². The molecule has 88 valence electrons. The van der Waals surface area contributed by atoms with Crippen molar-refractivity contribution in [2.45, 2.75) is 6.42 Å². The number of aromatic nitrogens is 1. The largest absolute Gasteiger partial charge is 0.396 e. The molecule has 1 aromatic rings. The number of pyridine rings is 1. The molecule has 1 fully saturated rings.